The normalized spacial score (nSPS) is 19.4. The first-order valence-corrected chi connectivity index (χ1v) is 8.01. The number of rotatable bonds is 5. The number of alkyl halides is 2. The lowest BCUT2D eigenvalue weighted by atomic mass is 10.1. The number of carbonyl (C=O) groups excluding carboxylic acids is 1. The van der Waals surface area contributed by atoms with E-state index in [4.69, 9.17) is 28.9 Å². The molecule has 2 aromatic rings. The summed E-state index contributed by atoms with van der Waals surface area (Å²) in [6, 6.07) is 7.40. The minimum absolute atomic E-state index is 0.00808. The molecule has 1 fully saturated rings. The van der Waals surface area contributed by atoms with Gasteiger partial charge in [-0.3, -0.25) is 4.79 Å². The van der Waals surface area contributed by atoms with E-state index >= 15 is 0 Å². The Morgan fingerprint density at radius 3 is 2.62 bits per heavy atom. The molecule has 3 N–H and O–H groups in total. The molecular formula is C13H12Cl2N4OS. The van der Waals surface area contributed by atoms with Crippen molar-refractivity contribution in [3.63, 3.8) is 0 Å². The molecule has 8 heteroatoms. The molecule has 3 rings (SSSR count). The van der Waals surface area contributed by atoms with Crippen molar-refractivity contribution in [3.05, 3.63) is 35.4 Å². The summed E-state index contributed by atoms with van der Waals surface area (Å²) in [7, 11) is 0. The number of aromatic amines is 1. The first-order chi connectivity index (χ1) is 9.95. The van der Waals surface area contributed by atoms with Crippen LogP contribution in [0, 0.1) is 0 Å². The Labute approximate surface area is 135 Å². The highest BCUT2D eigenvalue weighted by atomic mass is 35.5. The SMILES string of the molecule is Nc1nc(SCC(=O)c2ccc([C@H]3CC3(Cl)Cl)cc2)n[nH]1. The lowest BCUT2D eigenvalue weighted by Crippen LogP contribution is -2.03. The van der Waals surface area contributed by atoms with E-state index in [1.165, 1.54) is 11.8 Å². The van der Waals surface area contributed by atoms with Crippen molar-refractivity contribution >= 4 is 46.7 Å². The summed E-state index contributed by atoms with van der Waals surface area (Å²) >= 11 is 13.3. The number of nitrogens with one attached hydrogen (secondary N) is 1. The summed E-state index contributed by atoms with van der Waals surface area (Å²) < 4.78 is -0.646. The third-order valence-corrected chi connectivity index (χ3v) is 4.96. The van der Waals surface area contributed by atoms with Gasteiger partial charge in [0.15, 0.2) is 5.78 Å². The maximum Gasteiger partial charge on any atom is 0.216 e. The predicted molar refractivity (Wildman–Crippen MR) is 84.1 cm³/mol. The first kappa shape index (κ1) is 14.7. The second-order valence-corrected chi connectivity index (χ2v) is 7.34. The monoisotopic (exact) mass is 342 g/mol. The van der Waals surface area contributed by atoms with Gasteiger partial charge in [0.25, 0.3) is 0 Å². The van der Waals surface area contributed by atoms with E-state index in [-0.39, 0.29) is 23.4 Å². The van der Waals surface area contributed by atoms with E-state index in [9.17, 15) is 4.79 Å². The zero-order valence-electron chi connectivity index (χ0n) is 10.8. The zero-order chi connectivity index (χ0) is 15.0. The van der Waals surface area contributed by atoms with Gasteiger partial charge >= 0.3 is 0 Å². The second-order valence-electron chi connectivity index (χ2n) is 4.85. The lowest BCUT2D eigenvalue weighted by molar-refractivity contribution is 0.102. The smallest absolute Gasteiger partial charge is 0.216 e. The van der Waals surface area contributed by atoms with Gasteiger partial charge in [0.05, 0.1) is 5.75 Å². The highest BCUT2D eigenvalue weighted by molar-refractivity contribution is 7.99. The number of benzene rings is 1. The van der Waals surface area contributed by atoms with Gasteiger partial charge < -0.3 is 5.73 Å². The van der Waals surface area contributed by atoms with Crippen LogP contribution in [0.3, 0.4) is 0 Å². The zero-order valence-corrected chi connectivity index (χ0v) is 13.2. The van der Waals surface area contributed by atoms with Crippen LogP contribution in [0.15, 0.2) is 29.4 Å². The van der Waals surface area contributed by atoms with Crippen LogP contribution < -0.4 is 5.73 Å². The number of halogens is 2. The molecule has 21 heavy (non-hydrogen) atoms. The van der Waals surface area contributed by atoms with Crippen molar-refractivity contribution in [2.45, 2.75) is 21.8 Å². The molecule has 110 valence electrons. The third kappa shape index (κ3) is 3.33. The van der Waals surface area contributed by atoms with Gasteiger partial charge in [-0.05, 0) is 12.0 Å². The number of nitrogen functional groups attached to an aromatic ring is 1. The molecule has 1 aliphatic carbocycles. The molecule has 1 aliphatic rings. The van der Waals surface area contributed by atoms with Crippen LogP contribution in [0.4, 0.5) is 5.95 Å². The summed E-state index contributed by atoms with van der Waals surface area (Å²) in [5.74, 6) is 0.670. The topological polar surface area (TPSA) is 84.7 Å². The fourth-order valence-electron chi connectivity index (χ4n) is 2.01. The number of hydrogen-bond acceptors (Lipinski definition) is 5. The van der Waals surface area contributed by atoms with Gasteiger partial charge in [-0.25, -0.2) is 5.10 Å². The van der Waals surface area contributed by atoms with Crippen molar-refractivity contribution in [1.29, 1.82) is 0 Å². The highest BCUT2D eigenvalue weighted by Crippen LogP contribution is 2.59. The van der Waals surface area contributed by atoms with Crippen LogP contribution in [0.2, 0.25) is 0 Å². The number of nitrogens with zero attached hydrogens (tertiary/aromatic N) is 2. The van der Waals surface area contributed by atoms with E-state index in [2.05, 4.69) is 15.2 Å². The number of anilines is 1. The van der Waals surface area contributed by atoms with Gasteiger partial charge in [0.1, 0.15) is 4.33 Å². The molecule has 1 aromatic carbocycles. The number of carbonyl (C=O) groups is 1. The van der Waals surface area contributed by atoms with E-state index in [0.29, 0.717) is 10.7 Å². The Bertz CT molecular complexity index is 671. The molecule has 1 heterocycles. The molecule has 0 bridgehead atoms. The van der Waals surface area contributed by atoms with Crippen LogP contribution in [0.25, 0.3) is 0 Å². The largest absolute Gasteiger partial charge is 0.368 e. The number of hydrogen-bond donors (Lipinski definition) is 2. The Balaban J connectivity index is 1.60. The van der Waals surface area contributed by atoms with Crippen molar-refractivity contribution in [2.24, 2.45) is 0 Å². The first-order valence-electron chi connectivity index (χ1n) is 6.27. The molecule has 1 aromatic heterocycles. The molecule has 0 radical (unpaired) electrons. The van der Waals surface area contributed by atoms with Gasteiger partial charge in [0.2, 0.25) is 11.1 Å². The number of nitrogens with two attached hydrogens (primary N) is 1. The molecule has 0 unspecified atom stereocenters. The maximum atomic E-state index is 12.1. The van der Waals surface area contributed by atoms with E-state index in [1.807, 2.05) is 12.1 Å². The predicted octanol–water partition coefficient (Wildman–Crippen LogP) is 3.02. The quantitative estimate of drug-likeness (QED) is 0.495. The van der Waals surface area contributed by atoms with Gasteiger partial charge in [-0.1, -0.05) is 36.0 Å². The summed E-state index contributed by atoms with van der Waals surface area (Å²) in [5, 5.41) is 6.85. The van der Waals surface area contributed by atoms with Crippen LogP contribution >= 0.6 is 35.0 Å². The fourth-order valence-corrected chi connectivity index (χ4v) is 3.27. The summed E-state index contributed by atoms with van der Waals surface area (Å²) in [6.45, 7) is 0. The second kappa shape index (κ2) is 5.51. The average molecular weight is 343 g/mol. The third-order valence-electron chi connectivity index (χ3n) is 3.28. The number of thioether (sulfide) groups is 1. The molecule has 0 spiro atoms. The van der Waals surface area contributed by atoms with Gasteiger partial charge in [0, 0.05) is 11.5 Å². The Morgan fingerprint density at radius 2 is 2.10 bits per heavy atom. The molecule has 1 atom stereocenters. The van der Waals surface area contributed by atoms with Crippen LogP contribution in [0.5, 0.6) is 0 Å². The molecule has 0 saturated heterocycles. The number of ketones is 1. The summed E-state index contributed by atoms with van der Waals surface area (Å²) in [5.41, 5.74) is 7.12. The van der Waals surface area contributed by atoms with Gasteiger partial charge in [-0.2, -0.15) is 4.98 Å². The summed E-state index contributed by atoms with van der Waals surface area (Å²) in [4.78, 5) is 16.0. The standard InChI is InChI=1S/C13H12Cl2N4OS/c14-13(15)5-9(13)7-1-3-8(4-2-7)10(20)6-21-12-17-11(16)18-19-12/h1-4,9H,5-6H2,(H3,16,17,18,19)/t9-/m1/s1. The number of aromatic nitrogens is 3. The molecular weight excluding hydrogens is 331 g/mol. The van der Waals surface area contributed by atoms with Crippen LogP contribution in [0.1, 0.15) is 28.3 Å². The maximum absolute atomic E-state index is 12.1. The molecule has 0 aliphatic heterocycles. The fraction of sp³-hybridized carbons (Fsp3) is 0.308. The Kier molecular flexibility index (Phi) is 3.86. The van der Waals surface area contributed by atoms with Crippen molar-refractivity contribution in [1.82, 2.24) is 15.2 Å². The molecule has 5 nitrogen and oxygen atoms in total. The van der Waals surface area contributed by atoms with E-state index < -0.39 is 4.33 Å². The summed E-state index contributed by atoms with van der Waals surface area (Å²) in [6.07, 6.45) is 0.755. The minimum atomic E-state index is -0.646. The van der Waals surface area contributed by atoms with E-state index in [1.54, 1.807) is 12.1 Å². The van der Waals surface area contributed by atoms with E-state index in [0.717, 1.165) is 12.0 Å². The lowest BCUT2D eigenvalue weighted by Gasteiger charge is -2.03. The van der Waals surface area contributed by atoms with Crippen molar-refractivity contribution in [3.8, 4) is 0 Å². The van der Waals surface area contributed by atoms with Gasteiger partial charge in [-0.15, -0.1) is 28.3 Å². The molecule has 0 amide bonds. The molecule has 1 saturated carbocycles. The number of Topliss-reactive ketones (excluding diaryl/α,β-unsaturated/α-hetero) is 1. The van der Waals surface area contributed by atoms with Crippen LogP contribution in [-0.4, -0.2) is 31.1 Å². The minimum Gasteiger partial charge on any atom is -0.368 e. The Hall–Kier alpha value is -1.24. The van der Waals surface area contributed by atoms with Crippen molar-refractivity contribution in [2.75, 3.05) is 11.5 Å². The average Bonchev–Trinajstić information content (AvgIpc) is 2.90. The van der Waals surface area contributed by atoms with Crippen molar-refractivity contribution < 1.29 is 4.79 Å². The van der Waals surface area contributed by atoms with Crippen LogP contribution in [-0.2, 0) is 0 Å². The number of H-pyrrole nitrogens is 1. The highest BCUT2D eigenvalue weighted by Gasteiger charge is 2.52. The Morgan fingerprint density at radius 1 is 1.43 bits per heavy atom.